The molecule has 2 aromatic carbocycles. The lowest BCUT2D eigenvalue weighted by molar-refractivity contribution is -0.139. The van der Waals surface area contributed by atoms with E-state index in [9.17, 15) is 22.1 Å². The first-order valence-electron chi connectivity index (χ1n) is 11.4. The number of rotatable bonds is 14. The van der Waals surface area contributed by atoms with Crippen LogP contribution in [0.4, 0.5) is 17.6 Å². The van der Waals surface area contributed by atoms with Gasteiger partial charge in [0.2, 0.25) is 0 Å². The van der Waals surface area contributed by atoms with Gasteiger partial charge in [-0.15, -0.1) is 21.2 Å². The van der Waals surface area contributed by atoms with Crippen LogP contribution in [-0.2, 0) is 32.0 Å². The number of alkyl halides is 3. The minimum atomic E-state index is -4.46. The molecular weight excluding hydrogens is 505 g/mol. The molecule has 35 heavy (non-hydrogen) atoms. The third-order valence-electron chi connectivity index (χ3n) is 5.89. The van der Waals surface area contributed by atoms with Crippen LogP contribution in [0.15, 0.2) is 47.4 Å². The van der Waals surface area contributed by atoms with Gasteiger partial charge in [0.05, 0.1) is 18.8 Å². The molecule has 0 saturated carbocycles. The Bertz CT molecular complexity index is 988. The molecular formula is C24H29F4NO4PS+. The van der Waals surface area contributed by atoms with Crippen LogP contribution in [0.1, 0.15) is 42.4 Å². The van der Waals surface area contributed by atoms with Crippen molar-refractivity contribution in [3.8, 4) is 0 Å². The molecule has 1 unspecified atom stereocenters. The molecule has 2 aromatic rings. The Balaban J connectivity index is 1.48. The van der Waals surface area contributed by atoms with E-state index in [0.717, 1.165) is 18.9 Å². The summed E-state index contributed by atoms with van der Waals surface area (Å²) in [6.45, 7) is 1.71. The number of hydrogen-bond donors (Lipinski definition) is 2. The van der Waals surface area contributed by atoms with Crippen LogP contribution in [0.5, 0.6) is 0 Å². The van der Waals surface area contributed by atoms with Crippen molar-refractivity contribution >= 4 is 20.0 Å². The molecule has 1 saturated heterocycles. The normalized spacial score (nSPS) is 15.6. The summed E-state index contributed by atoms with van der Waals surface area (Å²) in [4.78, 5) is 8.75. The number of thioether (sulfide) groups is 1. The van der Waals surface area contributed by atoms with Gasteiger partial charge in [0.25, 0.3) is 0 Å². The Morgan fingerprint density at radius 1 is 1.14 bits per heavy atom. The maximum atomic E-state index is 14.3. The largest absolute Gasteiger partial charge is 0.694 e. The molecule has 0 amide bonds. The predicted molar refractivity (Wildman–Crippen MR) is 127 cm³/mol. The van der Waals surface area contributed by atoms with E-state index in [2.05, 4.69) is 9.84 Å². The van der Waals surface area contributed by atoms with E-state index >= 15 is 0 Å². The number of hydrogen-bond acceptors (Lipinski definition) is 5. The first-order chi connectivity index (χ1) is 16.7. The minimum Gasteiger partial charge on any atom is -0.379 e. The standard InChI is InChI=1S/C24H28F4NO4PS/c25-21-7-2-1-6-19(21)23(16-32-17-23)10-3-4-13-35-22-9-8-18(14-20(22)24(26,27)28)15-29-11-5-12-33-34(30)31/h1-2,6-9,14,29H,3-5,10-13,15-17H2/p+1. The van der Waals surface area contributed by atoms with Crippen LogP contribution < -0.4 is 5.32 Å². The Morgan fingerprint density at radius 2 is 1.91 bits per heavy atom. The fourth-order valence-corrected chi connectivity index (χ4v) is 5.38. The van der Waals surface area contributed by atoms with Crippen molar-refractivity contribution in [1.29, 1.82) is 0 Å². The van der Waals surface area contributed by atoms with E-state index in [0.29, 0.717) is 49.5 Å². The molecule has 0 spiro atoms. The zero-order valence-corrected chi connectivity index (χ0v) is 20.9. The van der Waals surface area contributed by atoms with Crippen molar-refractivity contribution < 1.29 is 36.3 Å². The number of halogens is 4. The second-order valence-electron chi connectivity index (χ2n) is 8.49. The maximum absolute atomic E-state index is 14.3. The Hall–Kier alpha value is -1.55. The molecule has 0 aliphatic carbocycles. The smallest absolute Gasteiger partial charge is 0.379 e. The van der Waals surface area contributed by atoms with Gasteiger partial charge in [-0.3, -0.25) is 0 Å². The molecule has 0 radical (unpaired) electrons. The highest BCUT2D eigenvalue weighted by Gasteiger charge is 2.41. The minimum absolute atomic E-state index is 0.0938. The van der Waals surface area contributed by atoms with E-state index in [1.54, 1.807) is 18.2 Å². The quantitative estimate of drug-likeness (QED) is 0.130. The van der Waals surface area contributed by atoms with E-state index in [-0.39, 0.29) is 29.3 Å². The second kappa shape index (κ2) is 13.1. The van der Waals surface area contributed by atoms with Gasteiger partial charge < -0.3 is 10.1 Å². The third-order valence-corrected chi connectivity index (χ3v) is 7.45. The fourth-order valence-electron chi connectivity index (χ4n) is 4.03. The number of benzene rings is 2. The van der Waals surface area contributed by atoms with Gasteiger partial charge in [0.1, 0.15) is 12.4 Å². The maximum Gasteiger partial charge on any atom is 0.694 e. The van der Waals surface area contributed by atoms with Gasteiger partial charge in [-0.2, -0.15) is 13.2 Å². The topological polar surface area (TPSA) is 67.8 Å². The first-order valence-corrected chi connectivity index (χ1v) is 13.5. The van der Waals surface area contributed by atoms with E-state index in [1.165, 1.54) is 23.9 Å². The van der Waals surface area contributed by atoms with Crippen LogP contribution in [0.3, 0.4) is 0 Å². The molecule has 1 aliphatic heterocycles. The van der Waals surface area contributed by atoms with Gasteiger partial charge in [0.15, 0.2) is 0 Å². The lowest BCUT2D eigenvalue weighted by Gasteiger charge is -2.42. The summed E-state index contributed by atoms with van der Waals surface area (Å²) >= 11 is 1.18. The summed E-state index contributed by atoms with van der Waals surface area (Å²) in [5.74, 6) is 0.284. The van der Waals surface area contributed by atoms with Crippen LogP contribution in [0.2, 0.25) is 0 Å². The Morgan fingerprint density at radius 3 is 2.57 bits per heavy atom. The summed E-state index contributed by atoms with van der Waals surface area (Å²) in [6, 6.07) is 11.0. The van der Waals surface area contributed by atoms with Crippen LogP contribution in [0, 0.1) is 5.82 Å². The van der Waals surface area contributed by atoms with Crippen molar-refractivity contribution in [2.75, 3.05) is 32.1 Å². The average Bonchev–Trinajstić information content (AvgIpc) is 2.78. The van der Waals surface area contributed by atoms with E-state index in [1.807, 2.05) is 6.07 Å². The molecule has 1 fully saturated rings. The van der Waals surface area contributed by atoms with Crippen LogP contribution in [-0.4, -0.2) is 37.0 Å². The first kappa shape index (κ1) is 28.0. The van der Waals surface area contributed by atoms with Gasteiger partial charge in [0, 0.05) is 21.4 Å². The summed E-state index contributed by atoms with van der Waals surface area (Å²) in [5.41, 5.74) is 0.160. The highest BCUT2D eigenvalue weighted by molar-refractivity contribution is 7.99. The molecule has 0 bridgehead atoms. The van der Waals surface area contributed by atoms with Crippen molar-refractivity contribution in [1.82, 2.24) is 5.32 Å². The zero-order valence-electron chi connectivity index (χ0n) is 19.2. The number of unbranched alkanes of at least 4 members (excludes halogenated alkanes) is 1. The summed E-state index contributed by atoms with van der Waals surface area (Å²) in [7, 11) is -2.64. The molecule has 0 aromatic heterocycles. The molecule has 192 valence electrons. The van der Waals surface area contributed by atoms with Crippen LogP contribution in [0.25, 0.3) is 0 Å². The molecule has 1 aliphatic rings. The molecule has 11 heteroatoms. The number of nitrogens with one attached hydrogen (secondary N) is 1. The van der Waals surface area contributed by atoms with Crippen molar-refractivity contribution in [3.63, 3.8) is 0 Å². The van der Waals surface area contributed by atoms with Gasteiger partial charge in [-0.25, -0.2) is 4.39 Å². The van der Waals surface area contributed by atoms with E-state index in [4.69, 9.17) is 9.63 Å². The SMILES string of the molecule is O=[P+](O)OCCCNCc1ccc(SCCCCC2(c3ccccc3F)COC2)c(C(F)(F)F)c1. The lowest BCUT2D eigenvalue weighted by atomic mass is 9.74. The third kappa shape index (κ3) is 8.23. The van der Waals surface area contributed by atoms with Gasteiger partial charge in [-0.1, -0.05) is 30.7 Å². The van der Waals surface area contributed by atoms with E-state index < -0.39 is 20.0 Å². The second-order valence-corrected chi connectivity index (χ2v) is 10.4. The molecule has 3 rings (SSSR count). The van der Waals surface area contributed by atoms with Gasteiger partial charge in [-0.05, 0) is 60.9 Å². The molecule has 1 heterocycles. The van der Waals surface area contributed by atoms with Gasteiger partial charge >= 0.3 is 14.4 Å². The van der Waals surface area contributed by atoms with Crippen molar-refractivity contribution in [2.45, 2.75) is 48.7 Å². The Labute approximate surface area is 207 Å². The summed E-state index contributed by atoms with van der Waals surface area (Å²) in [6.07, 6.45) is -1.79. The fraction of sp³-hybridized carbons (Fsp3) is 0.500. The van der Waals surface area contributed by atoms with Crippen molar-refractivity contribution in [2.24, 2.45) is 0 Å². The molecule has 1 atom stereocenters. The molecule has 2 N–H and O–H groups in total. The average molecular weight is 535 g/mol. The summed E-state index contributed by atoms with van der Waals surface area (Å²) in [5, 5.41) is 3.01. The van der Waals surface area contributed by atoms with Crippen LogP contribution >= 0.6 is 20.0 Å². The summed E-state index contributed by atoms with van der Waals surface area (Å²) < 4.78 is 75.6. The monoisotopic (exact) mass is 534 g/mol. The highest BCUT2D eigenvalue weighted by atomic mass is 32.2. The van der Waals surface area contributed by atoms with Crippen molar-refractivity contribution in [3.05, 3.63) is 65.0 Å². The zero-order chi connectivity index (χ0) is 25.3. The predicted octanol–water partition coefficient (Wildman–Crippen LogP) is 6.22. The Kier molecular flexibility index (Phi) is 10.5. The highest BCUT2D eigenvalue weighted by Crippen LogP contribution is 2.40. The lowest BCUT2D eigenvalue weighted by Crippen LogP contribution is -2.47. The molecule has 5 nitrogen and oxygen atoms in total. The number of ether oxygens (including phenoxy) is 1.